The van der Waals surface area contributed by atoms with Gasteiger partial charge in [0.05, 0.1) is 12.7 Å². The Morgan fingerprint density at radius 2 is 2.10 bits per heavy atom. The minimum Gasteiger partial charge on any atom is -0.465 e. The van der Waals surface area contributed by atoms with Crippen LogP contribution in [0.2, 0.25) is 0 Å². The van der Waals surface area contributed by atoms with Gasteiger partial charge in [-0.1, -0.05) is 6.07 Å². The number of primary sulfonamides is 1. The van der Waals surface area contributed by atoms with Gasteiger partial charge in [0, 0.05) is 18.7 Å². The van der Waals surface area contributed by atoms with Crippen molar-refractivity contribution in [3.05, 3.63) is 29.3 Å². The van der Waals surface area contributed by atoms with Gasteiger partial charge in [-0.2, -0.15) is 0 Å². The summed E-state index contributed by atoms with van der Waals surface area (Å²) >= 11 is 0. The summed E-state index contributed by atoms with van der Waals surface area (Å²) in [4.78, 5) is 24.9. The van der Waals surface area contributed by atoms with Crippen molar-refractivity contribution < 1.29 is 22.7 Å². The van der Waals surface area contributed by atoms with E-state index in [1.807, 2.05) is 0 Å². The zero-order chi connectivity index (χ0) is 15.8. The van der Waals surface area contributed by atoms with Crippen molar-refractivity contribution in [2.45, 2.75) is 18.6 Å². The molecule has 114 valence electrons. The predicted molar refractivity (Wildman–Crippen MR) is 76.4 cm³/mol. The molecule has 1 amide bonds. The maximum Gasteiger partial charge on any atom is 0.338 e. The molecule has 21 heavy (non-hydrogen) atoms. The molecule has 0 saturated carbocycles. The van der Waals surface area contributed by atoms with E-state index in [2.05, 4.69) is 4.74 Å². The smallest absolute Gasteiger partial charge is 0.338 e. The lowest BCUT2D eigenvalue weighted by atomic mass is 10.1. The van der Waals surface area contributed by atoms with Crippen LogP contribution in [0.15, 0.2) is 18.2 Å². The molecule has 1 unspecified atom stereocenters. The van der Waals surface area contributed by atoms with Crippen molar-refractivity contribution in [3.8, 4) is 0 Å². The summed E-state index contributed by atoms with van der Waals surface area (Å²) in [6.07, 6.45) is -0.153. The van der Waals surface area contributed by atoms with Crippen molar-refractivity contribution in [2.24, 2.45) is 5.14 Å². The molecular weight excluding hydrogens is 296 g/mol. The maximum absolute atomic E-state index is 12.0. The van der Waals surface area contributed by atoms with Crippen LogP contribution in [0.4, 0.5) is 5.69 Å². The number of benzene rings is 1. The first-order valence-electron chi connectivity index (χ1n) is 6.25. The fraction of sp³-hybridized carbons (Fsp3) is 0.385. The first kappa shape index (κ1) is 15.5. The van der Waals surface area contributed by atoms with Gasteiger partial charge in [0.2, 0.25) is 15.9 Å². The van der Waals surface area contributed by atoms with Crippen LogP contribution in [-0.4, -0.2) is 39.2 Å². The summed E-state index contributed by atoms with van der Waals surface area (Å²) in [6.45, 7) is 1.73. The summed E-state index contributed by atoms with van der Waals surface area (Å²) in [5.74, 6) is -0.849. The highest BCUT2D eigenvalue weighted by molar-refractivity contribution is 7.89. The second kappa shape index (κ2) is 5.45. The lowest BCUT2D eigenvalue weighted by Crippen LogP contribution is -2.32. The van der Waals surface area contributed by atoms with Crippen LogP contribution in [0.3, 0.4) is 0 Å². The number of nitrogens with zero attached hydrogens (tertiary/aromatic N) is 1. The van der Waals surface area contributed by atoms with Crippen LogP contribution in [0, 0.1) is 6.92 Å². The number of hydrogen-bond acceptors (Lipinski definition) is 5. The molecule has 1 aromatic rings. The zero-order valence-electron chi connectivity index (χ0n) is 11.7. The summed E-state index contributed by atoms with van der Waals surface area (Å²) in [5.41, 5.74) is 1.50. The first-order valence-corrected chi connectivity index (χ1v) is 7.86. The molecule has 1 atom stereocenters. The van der Waals surface area contributed by atoms with Crippen LogP contribution in [0.5, 0.6) is 0 Å². The molecule has 0 aliphatic carbocycles. The lowest BCUT2D eigenvalue weighted by Gasteiger charge is -2.18. The van der Waals surface area contributed by atoms with E-state index in [1.54, 1.807) is 19.1 Å². The molecule has 1 saturated heterocycles. The van der Waals surface area contributed by atoms with Crippen LogP contribution in [0.1, 0.15) is 22.3 Å². The number of carbonyl (C=O) groups excluding carboxylic acids is 2. The molecule has 8 heteroatoms. The minimum atomic E-state index is -3.77. The van der Waals surface area contributed by atoms with Crippen molar-refractivity contribution in [1.29, 1.82) is 0 Å². The Labute approximate surface area is 122 Å². The molecule has 7 nitrogen and oxygen atoms in total. The van der Waals surface area contributed by atoms with E-state index in [9.17, 15) is 18.0 Å². The van der Waals surface area contributed by atoms with Crippen LogP contribution < -0.4 is 10.0 Å². The average molecular weight is 312 g/mol. The van der Waals surface area contributed by atoms with Gasteiger partial charge < -0.3 is 9.64 Å². The number of rotatable bonds is 3. The van der Waals surface area contributed by atoms with E-state index < -0.39 is 21.2 Å². The Hall–Kier alpha value is -1.93. The third kappa shape index (κ3) is 3.06. The highest BCUT2D eigenvalue weighted by atomic mass is 32.2. The van der Waals surface area contributed by atoms with Crippen molar-refractivity contribution in [3.63, 3.8) is 0 Å². The SMILES string of the molecule is COC(=O)c1cc(N2CC(S(N)(=O)=O)CC2=O)ccc1C. The van der Waals surface area contributed by atoms with Gasteiger partial charge in [0.15, 0.2) is 0 Å². The molecule has 1 aliphatic rings. The highest BCUT2D eigenvalue weighted by Gasteiger charge is 2.37. The quantitative estimate of drug-likeness (QED) is 0.801. The molecule has 2 N–H and O–H groups in total. The van der Waals surface area contributed by atoms with Crippen molar-refractivity contribution >= 4 is 27.6 Å². The van der Waals surface area contributed by atoms with E-state index in [4.69, 9.17) is 5.14 Å². The van der Waals surface area contributed by atoms with E-state index in [0.29, 0.717) is 16.8 Å². The van der Waals surface area contributed by atoms with Crippen LogP contribution in [0.25, 0.3) is 0 Å². The molecule has 1 heterocycles. The molecule has 0 spiro atoms. The normalized spacial score (nSPS) is 18.9. The molecule has 0 radical (unpaired) electrons. The Kier molecular flexibility index (Phi) is 4.02. The fourth-order valence-corrected chi connectivity index (χ4v) is 2.98. The number of anilines is 1. The number of esters is 1. The number of amides is 1. The van der Waals surface area contributed by atoms with E-state index in [-0.39, 0.29) is 18.9 Å². The number of nitrogens with two attached hydrogens (primary N) is 1. The molecule has 1 aromatic carbocycles. The Balaban J connectivity index is 2.35. The summed E-state index contributed by atoms with van der Waals surface area (Å²) in [6, 6.07) is 4.86. The first-order chi connectivity index (χ1) is 9.74. The van der Waals surface area contributed by atoms with Gasteiger partial charge >= 0.3 is 5.97 Å². The largest absolute Gasteiger partial charge is 0.465 e. The fourth-order valence-electron chi connectivity index (χ4n) is 2.25. The summed E-state index contributed by atoms with van der Waals surface area (Å²) < 4.78 is 27.4. The second-order valence-corrected chi connectivity index (χ2v) is 6.76. The number of carbonyl (C=O) groups is 2. The van der Waals surface area contributed by atoms with Crippen molar-refractivity contribution in [2.75, 3.05) is 18.6 Å². The number of sulfonamides is 1. The van der Waals surface area contributed by atoms with Gasteiger partial charge in [0.1, 0.15) is 5.25 Å². The predicted octanol–water partition coefficient (Wildman–Crippen LogP) is 0.175. The number of ether oxygens (including phenoxy) is 1. The molecule has 0 aromatic heterocycles. The maximum atomic E-state index is 12.0. The molecule has 1 fully saturated rings. The summed E-state index contributed by atoms with van der Waals surface area (Å²) in [5, 5.41) is 4.16. The van der Waals surface area contributed by atoms with Gasteiger partial charge in [0.25, 0.3) is 0 Å². The van der Waals surface area contributed by atoms with E-state index >= 15 is 0 Å². The van der Waals surface area contributed by atoms with Crippen LogP contribution >= 0.6 is 0 Å². The molecular formula is C13H16N2O5S. The van der Waals surface area contributed by atoms with Gasteiger partial charge in [-0.15, -0.1) is 0 Å². The number of hydrogen-bond donors (Lipinski definition) is 1. The van der Waals surface area contributed by atoms with E-state index in [1.165, 1.54) is 18.1 Å². The Bertz CT molecular complexity index is 699. The van der Waals surface area contributed by atoms with Crippen molar-refractivity contribution in [1.82, 2.24) is 0 Å². The number of methoxy groups -OCH3 is 1. The number of aryl methyl sites for hydroxylation is 1. The van der Waals surface area contributed by atoms with E-state index in [0.717, 1.165) is 0 Å². The van der Waals surface area contributed by atoms with Gasteiger partial charge in [-0.05, 0) is 24.6 Å². The van der Waals surface area contributed by atoms with Gasteiger partial charge in [-0.3, -0.25) is 4.79 Å². The molecule has 0 bridgehead atoms. The minimum absolute atomic E-state index is 0.0126. The Morgan fingerprint density at radius 1 is 1.43 bits per heavy atom. The topological polar surface area (TPSA) is 107 Å². The third-order valence-corrected chi connectivity index (χ3v) is 4.74. The standard InChI is InChI=1S/C13H16N2O5S/c1-8-3-4-9(5-11(8)13(17)20-2)15-7-10(6-12(15)16)21(14,18)19/h3-5,10H,6-7H2,1-2H3,(H2,14,18,19). The van der Waals surface area contributed by atoms with Crippen LogP contribution in [-0.2, 0) is 19.6 Å². The molecule has 1 aliphatic heterocycles. The second-order valence-electron chi connectivity index (χ2n) is 4.91. The lowest BCUT2D eigenvalue weighted by molar-refractivity contribution is -0.117. The average Bonchev–Trinajstić information content (AvgIpc) is 2.80. The monoisotopic (exact) mass is 312 g/mol. The zero-order valence-corrected chi connectivity index (χ0v) is 12.5. The highest BCUT2D eigenvalue weighted by Crippen LogP contribution is 2.26. The Morgan fingerprint density at radius 3 is 2.62 bits per heavy atom. The summed E-state index contributed by atoms with van der Waals surface area (Å²) in [7, 11) is -2.50. The third-order valence-electron chi connectivity index (χ3n) is 3.49. The van der Waals surface area contributed by atoms with Gasteiger partial charge in [-0.25, -0.2) is 18.4 Å². The molecule has 2 rings (SSSR count).